The van der Waals surface area contributed by atoms with Crippen LogP contribution in [0.5, 0.6) is 0 Å². The summed E-state index contributed by atoms with van der Waals surface area (Å²) >= 11 is 1.52. The fraction of sp³-hybridized carbons (Fsp3) is 0.622. The molecule has 2 amide bonds. The number of aliphatic hydroxyl groups is 1. The Balaban J connectivity index is 1.56. The molecule has 1 aromatic carbocycles. The van der Waals surface area contributed by atoms with Crippen molar-refractivity contribution in [2.24, 2.45) is 15.4 Å². The number of hydrogen-bond donors (Lipinski definition) is 4. The highest BCUT2D eigenvalue weighted by Gasteiger charge is 2.36. The number of benzene rings is 1. The first-order valence-corrected chi connectivity index (χ1v) is 22.3. The molecular weight excluding hydrogens is 801 g/mol. The molecule has 336 valence electrons. The predicted molar refractivity (Wildman–Crippen MR) is 240 cm³/mol. The number of hydrazine groups is 1. The first-order valence-electron chi connectivity index (χ1n) is 21.3. The highest BCUT2D eigenvalue weighted by molar-refractivity contribution is 8.14. The molecular formula is C45H66N6O9S. The lowest BCUT2D eigenvalue weighted by Crippen LogP contribution is -2.60. The highest BCUT2D eigenvalue weighted by atomic mass is 32.2. The number of aromatic nitrogens is 1. The number of methoxy groups -OCH3 is 1. The minimum atomic E-state index is -1.05. The van der Waals surface area contributed by atoms with Gasteiger partial charge in [-0.25, -0.2) is 10.2 Å². The summed E-state index contributed by atoms with van der Waals surface area (Å²) in [5.74, 6) is -0.897. The van der Waals surface area contributed by atoms with Gasteiger partial charge in [-0.15, -0.1) is 11.8 Å². The van der Waals surface area contributed by atoms with Crippen LogP contribution >= 0.6 is 11.8 Å². The molecule has 1 unspecified atom stereocenters. The van der Waals surface area contributed by atoms with Gasteiger partial charge >= 0.3 is 12.1 Å². The Morgan fingerprint density at radius 3 is 2.56 bits per heavy atom. The number of thioether (sulfide) groups is 1. The summed E-state index contributed by atoms with van der Waals surface area (Å²) in [7, 11) is 1.66. The normalized spacial score (nSPS) is 20.7. The Hall–Kier alpha value is -4.06. The molecule has 16 heteroatoms. The largest absolute Gasteiger partial charge is 0.480 e. The van der Waals surface area contributed by atoms with Crippen LogP contribution in [-0.2, 0) is 41.5 Å². The fourth-order valence-electron chi connectivity index (χ4n) is 7.86. The summed E-state index contributed by atoms with van der Waals surface area (Å²) in [5, 5.41) is 26.0. The second-order valence-corrected chi connectivity index (χ2v) is 18.7. The Bertz CT molecular complexity index is 1980. The number of alkyl carbamates (subject to hydrolysis) is 1. The molecule has 61 heavy (non-hydrogen) atoms. The van der Waals surface area contributed by atoms with Gasteiger partial charge in [-0.3, -0.25) is 24.6 Å². The van der Waals surface area contributed by atoms with Crippen LogP contribution in [0.4, 0.5) is 4.79 Å². The van der Waals surface area contributed by atoms with Crippen molar-refractivity contribution in [1.29, 1.82) is 0 Å². The van der Waals surface area contributed by atoms with Crippen molar-refractivity contribution in [2.45, 2.75) is 129 Å². The Morgan fingerprint density at radius 1 is 1.18 bits per heavy atom. The maximum atomic E-state index is 13.9. The molecule has 5 rings (SSSR count). The summed E-state index contributed by atoms with van der Waals surface area (Å²) < 4.78 is 25.6. The molecule has 3 aliphatic heterocycles. The number of aliphatic hydroxyl groups excluding tert-OH is 1. The number of carbonyl (C=O) groups excluding carboxylic acids is 2. The molecule has 4 N–H and O–H groups in total. The van der Waals surface area contributed by atoms with Crippen LogP contribution < -0.4 is 10.7 Å². The van der Waals surface area contributed by atoms with Gasteiger partial charge in [-0.05, 0) is 95.4 Å². The molecule has 0 radical (unpaired) electrons. The number of ether oxygens (including phenoxy) is 4. The molecule has 2 saturated heterocycles. The third-order valence-corrected chi connectivity index (χ3v) is 12.2. The zero-order valence-electron chi connectivity index (χ0n) is 37.1. The van der Waals surface area contributed by atoms with Gasteiger partial charge in [-0.2, -0.15) is 0 Å². The number of carboxylic acid groups (broad SMARTS) is 1. The van der Waals surface area contributed by atoms with Gasteiger partial charge in [0.05, 0.1) is 41.3 Å². The van der Waals surface area contributed by atoms with Gasteiger partial charge in [0.15, 0.2) is 0 Å². The lowest BCUT2D eigenvalue weighted by Gasteiger charge is -2.34. The standard InChI is InChI=1S/C45H66N6O9S/c1-10-31(39(46-11-2)28(3)57-9)40-33(25-45(7,8)27-52)32-23-29(14-15-37(32)50(40)19-22-59-30-16-20-58-21-17-30)36-26-61-38(47-36)24-35(48-43(56)60-44(4,5)6)41(53)51-18-12-13-34(49-51)42(54)55/h10-11,14-15,23,28,30,34-36,49,52H,1,12-13,16-22,24-27H2,2-9H3,(H,48,56)(H,54,55)/b39-31+,46-11?/t28-,34-,35-,36?/m0/s1. The molecule has 2 fully saturated rings. The van der Waals surface area contributed by atoms with Crippen molar-refractivity contribution in [3.63, 3.8) is 0 Å². The number of fused-ring (bicyclic) bond motifs is 1. The highest BCUT2D eigenvalue weighted by Crippen LogP contribution is 2.41. The number of carbonyl (C=O) groups is 3. The summed E-state index contributed by atoms with van der Waals surface area (Å²) in [6.45, 7) is 20.1. The van der Waals surface area contributed by atoms with Crippen LogP contribution in [0.15, 0.2) is 46.5 Å². The van der Waals surface area contributed by atoms with Crippen LogP contribution in [0.2, 0.25) is 0 Å². The molecule has 0 aliphatic carbocycles. The second kappa shape index (κ2) is 21.3. The summed E-state index contributed by atoms with van der Waals surface area (Å²) in [6, 6.07) is 4.18. The van der Waals surface area contributed by atoms with E-state index in [0.717, 1.165) is 51.8 Å². The number of allylic oxidation sites excluding steroid dienone is 2. The van der Waals surface area contributed by atoms with Crippen molar-refractivity contribution >= 4 is 57.5 Å². The molecule has 0 saturated carbocycles. The quantitative estimate of drug-likeness (QED) is 0.0951. The topological polar surface area (TPSA) is 186 Å². The smallest absolute Gasteiger partial charge is 0.408 e. The van der Waals surface area contributed by atoms with Crippen LogP contribution in [0.1, 0.15) is 103 Å². The van der Waals surface area contributed by atoms with E-state index in [9.17, 15) is 24.6 Å². The van der Waals surface area contributed by atoms with Crippen molar-refractivity contribution in [3.05, 3.63) is 53.4 Å². The fourth-order valence-corrected chi connectivity index (χ4v) is 8.97. The molecule has 4 atom stereocenters. The monoisotopic (exact) mass is 866 g/mol. The number of hydrogen-bond acceptors (Lipinski definition) is 12. The van der Waals surface area contributed by atoms with Gasteiger partial charge in [0.1, 0.15) is 17.7 Å². The minimum absolute atomic E-state index is 0.0265. The average Bonchev–Trinajstić information content (AvgIpc) is 3.81. The lowest BCUT2D eigenvalue weighted by atomic mass is 9.84. The number of aliphatic imine (C=N–C) groups is 2. The SMILES string of the molecule is C=C/C(=C(\N=CC)[C@H](C)OC)c1c(CC(C)(C)CO)c2cc(C3CSC(C[C@H](NC(=O)OC(C)(C)C)C(=O)N4CCC[C@@H](C(=O)O)N4)=N3)ccc2n1CCOC1CCOCC1. The van der Waals surface area contributed by atoms with Gasteiger partial charge in [-0.1, -0.05) is 32.6 Å². The molecule has 0 spiro atoms. The Morgan fingerprint density at radius 2 is 1.92 bits per heavy atom. The molecule has 1 aromatic heterocycles. The van der Waals surface area contributed by atoms with Crippen LogP contribution in [0.3, 0.4) is 0 Å². The maximum absolute atomic E-state index is 13.9. The zero-order valence-corrected chi connectivity index (χ0v) is 37.9. The second-order valence-electron chi connectivity index (χ2n) is 17.6. The molecule has 2 aromatic rings. The number of nitrogens with one attached hydrogen (secondary N) is 2. The van der Waals surface area contributed by atoms with E-state index in [1.165, 1.54) is 16.8 Å². The Labute approximate surface area is 364 Å². The number of aliphatic carboxylic acids is 1. The van der Waals surface area contributed by atoms with E-state index >= 15 is 0 Å². The van der Waals surface area contributed by atoms with E-state index in [4.69, 9.17) is 28.9 Å². The number of carboxylic acids is 1. The van der Waals surface area contributed by atoms with Crippen molar-refractivity contribution in [3.8, 4) is 0 Å². The van der Waals surface area contributed by atoms with Crippen molar-refractivity contribution in [2.75, 3.05) is 45.8 Å². The van der Waals surface area contributed by atoms with Crippen LogP contribution in [0, 0.1) is 5.41 Å². The van der Waals surface area contributed by atoms with E-state index in [1.807, 2.05) is 33.8 Å². The third kappa shape index (κ3) is 12.5. The average molecular weight is 867 g/mol. The van der Waals surface area contributed by atoms with Gasteiger partial charge < -0.3 is 39.0 Å². The van der Waals surface area contributed by atoms with E-state index < -0.39 is 41.1 Å². The van der Waals surface area contributed by atoms with Crippen LogP contribution in [0.25, 0.3) is 16.5 Å². The third-order valence-electron chi connectivity index (χ3n) is 11.1. The number of amides is 2. The first-order chi connectivity index (χ1) is 29.0. The lowest BCUT2D eigenvalue weighted by molar-refractivity contribution is -0.147. The van der Waals surface area contributed by atoms with Gasteiger partial charge in [0.25, 0.3) is 5.91 Å². The molecule has 15 nitrogen and oxygen atoms in total. The van der Waals surface area contributed by atoms with Gasteiger partial charge in [0.2, 0.25) is 0 Å². The molecule has 3 aliphatic rings. The van der Waals surface area contributed by atoms with E-state index in [2.05, 4.69) is 40.1 Å². The number of nitrogens with zero attached hydrogens (tertiary/aromatic N) is 4. The van der Waals surface area contributed by atoms with E-state index in [1.54, 1.807) is 34.1 Å². The summed E-state index contributed by atoms with van der Waals surface area (Å²) in [4.78, 5) is 48.7. The van der Waals surface area contributed by atoms with E-state index in [-0.39, 0.29) is 31.3 Å². The zero-order chi connectivity index (χ0) is 44.5. The van der Waals surface area contributed by atoms with Crippen LogP contribution in [-0.4, -0.2) is 125 Å². The molecule has 4 heterocycles. The van der Waals surface area contributed by atoms with Gasteiger partial charge in [0, 0.05) is 74.9 Å². The summed E-state index contributed by atoms with van der Waals surface area (Å²) in [5.41, 5.74) is 7.09. The number of rotatable bonds is 18. The van der Waals surface area contributed by atoms with E-state index in [0.29, 0.717) is 63.0 Å². The first kappa shape index (κ1) is 48.0. The minimum Gasteiger partial charge on any atom is -0.480 e. The summed E-state index contributed by atoms with van der Waals surface area (Å²) in [6.07, 6.45) is 5.89. The van der Waals surface area contributed by atoms with Crippen molar-refractivity contribution < 1.29 is 43.5 Å². The van der Waals surface area contributed by atoms with Crippen molar-refractivity contribution in [1.82, 2.24) is 20.3 Å². The Kier molecular flexibility index (Phi) is 16.8. The predicted octanol–water partition coefficient (Wildman–Crippen LogP) is 6.47. The molecule has 0 bridgehead atoms. The maximum Gasteiger partial charge on any atom is 0.408 e.